The average Bonchev–Trinajstić information content (AvgIpc) is 3.45. The van der Waals surface area contributed by atoms with Gasteiger partial charge in [0.25, 0.3) is 0 Å². The molecule has 1 N–H and O–H groups in total. The van der Waals surface area contributed by atoms with Gasteiger partial charge in [-0.3, -0.25) is 0 Å². The van der Waals surface area contributed by atoms with Gasteiger partial charge in [-0.25, -0.2) is 14.8 Å². The Hall–Kier alpha value is -2.71. The highest BCUT2D eigenvalue weighted by Gasteiger charge is 2.31. The molecule has 1 fully saturated rings. The number of thiophene rings is 1. The Kier molecular flexibility index (Phi) is 5.06. The van der Waals surface area contributed by atoms with Crippen LogP contribution in [0.4, 0.5) is 16.2 Å². The molecule has 4 heterocycles. The smallest absolute Gasteiger partial charge is 0.410 e. The molecule has 8 heteroatoms. The molecule has 1 unspecified atom stereocenters. The summed E-state index contributed by atoms with van der Waals surface area (Å²) in [5.41, 5.74) is 4.43. The largest absolute Gasteiger partial charge is 0.444 e. The van der Waals surface area contributed by atoms with Crippen molar-refractivity contribution in [2.24, 2.45) is 0 Å². The van der Waals surface area contributed by atoms with Gasteiger partial charge < -0.3 is 15.0 Å². The van der Waals surface area contributed by atoms with Crippen LogP contribution in [0.15, 0.2) is 42.0 Å². The van der Waals surface area contributed by atoms with Crippen LogP contribution in [0.25, 0.3) is 20.4 Å². The summed E-state index contributed by atoms with van der Waals surface area (Å²) in [5.74, 6) is 0.311. The number of hydrogen-bond acceptors (Lipinski definition) is 7. The maximum absolute atomic E-state index is 12.4. The minimum atomic E-state index is -0.473. The van der Waals surface area contributed by atoms with E-state index in [1.807, 2.05) is 43.4 Å². The van der Waals surface area contributed by atoms with E-state index < -0.39 is 5.60 Å². The SMILES string of the molecule is CC(C)(C)OC(=O)N1CCC(c2cc3c(Nc4ccc5scnc5c4)ccnc3s2)C1. The third kappa shape index (κ3) is 4.22. The van der Waals surface area contributed by atoms with Gasteiger partial charge in [0.1, 0.15) is 10.4 Å². The van der Waals surface area contributed by atoms with Crippen molar-refractivity contribution in [2.75, 3.05) is 18.4 Å². The lowest BCUT2D eigenvalue weighted by Gasteiger charge is -2.24. The molecule has 4 aromatic rings. The molecule has 31 heavy (non-hydrogen) atoms. The zero-order valence-electron chi connectivity index (χ0n) is 17.7. The van der Waals surface area contributed by atoms with E-state index in [9.17, 15) is 4.79 Å². The summed E-state index contributed by atoms with van der Waals surface area (Å²) in [7, 11) is 0. The molecule has 1 saturated heterocycles. The second kappa shape index (κ2) is 7.76. The second-order valence-electron chi connectivity index (χ2n) is 8.80. The fraction of sp³-hybridized carbons (Fsp3) is 0.348. The van der Waals surface area contributed by atoms with Crippen molar-refractivity contribution in [2.45, 2.75) is 38.7 Å². The van der Waals surface area contributed by atoms with E-state index in [0.29, 0.717) is 12.5 Å². The Balaban J connectivity index is 1.36. The molecule has 1 aliphatic rings. The first-order valence-electron chi connectivity index (χ1n) is 10.3. The van der Waals surface area contributed by atoms with Crippen LogP contribution in [0, 0.1) is 0 Å². The van der Waals surface area contributed by atoms with Gasteiger partial charge >= 0.3 is 6.09 Å². The Labute approximate surface area is 188 Å². The van der Waals surface area contributed by atoms with Gasteiger partial charge in [0, 0.05) is 41.2 Å². The number of pyridine rings is 1. The number of amides is 1. The van der Waals surface area contributed by atoms with Gasteiger partial charge in [-0.2, -0.15) is 0 Å². The quantitative estimate of drug-likeness (QED) is 0.391. The lowest BCUT2D eigenvalue weighted by Crippen LogP contribution is -2.35. The first-order chi connectivity index (χ1) is 14.9. The van der Waals surface area contributed by atoms with Crippen LogP contribution < -0.4 is 5.32 Å². The molecule has 0 bridgehead atoms. The number of rotatable bonds is 3. The van der Waals surface area contributed by atoms with Crippen molar-refractivity contribution in [3.63, 3.8) is 0 Å². The monoisotopic (exact) mass is 452 g/mol. The second-order valence-corrected chi connectivity index (χ2v) is 10.7. The number of ether oxygens (including phenoxy) is 1. The number of likely N-dealkylation sites (tertiary alicyclic amines) is 1. The molecule has 5 rings (SSSR count). The third-order valence-electron chi connectivity index (χ3n) is 5.31. The molecular weight excluding hydrogens is 428 g/mol. The van der Waals surface area contributed by atoms with Crippen LogP contribution in [0.1, 0.15) is 38.0 Å². The Morgan fingerprint density at radius 3 is 2.94 bits per heavy atom. The van der Waals surface area contributed by atoms with Crippen molar-refractivity contribution >= 4 is 60.6 Å². The number of carbonyl (C=O) groups is 1. The topological polar surface area (TPSA) is 67.3 Å². The van der Waals surface area contributed by atoms with Gasteiger partial charge in [-0.15, -0.1) is 22.7 Å². The third-order valence-corrected chi connectivity index (χ3v) is 7.32. The number of carbonyl (C=O) groups excluding carboxylic acids is 1. The number of nitrogens with one attached hydrogen (secondary N) is 1. The highest BCUT2D eigenvalue weighted by atomic mass is 32.1. The highest BCUT2D eigenvalue weighted by molar-refractivity contribution is 7.18. The molecular formula is C23H24N4O2S2. The van der Waals surface area contributed by atoms with Crippen LogP contribution in [-0.2, 0) is 4.74 Å². The lowest BCUT2D eigenvalue weighted by atomic mass is 10.1. The molecule has 1 aromatic carbocycles. The van der Waals surface area contributed by atoms with Gasteiger partial charge in [-0.1, -0.05) is 0 Å². The predicted octanol–water partition coefficient (Wildman–Crippen LogP) is 6.37. The Morgan fingerprint density at radius 1 is 1.23 bits per heavy atom. The minimum Gasteiger partial charge on any atom is -0.444 e. The molecule has 6 nitrogen and oxygen atoms in total. The lowest BCUT2D eigenvalue weighted by molar-refractivity contribution is 0.0292. The molecule has 1 amide bonds. The molecule has 1 aliphatic heterocycles. The predicted molar refractivity (Wildman–Crippen MR) is 128 cm³/mol. The summed E-state index contributed by atoms with van der Waals surface area (Å²) in [6, 6.07) is 10.5. The maximum atomic E-state index is 12.4. The van der Waals surface area contributed by atoms with Gasteiger partial charge in [-0.05, 0) is 57.5 Å². The zero-order valence-corrected chi connectivity index (χ0v) is 19.3. The number of anilines is 2. The number of hydrogen-bond donors (Lipinski definition) is 1. The van der Waals surface area contributed by atoms with Crippen LogP contribution in [0.3, 0.4) is 0 Å². The van der Waals surface area contributed by atoms with Gasteiger partial charge in [0.2, 0.25) is 0 Å². The van der Waals surface area contributed by atoms with Crippen molar-refractivity contribution in [3.8, 4) is 0 Å². The molecule has 0 saturated carbocycles. The Bertz CT molecular complexity index is 1260. The molecule has 1 atom stereocenters. The zero-order chi connectivity index (χ0) is 21.6. The van der Waals surface area contributed by atoms with E-state index in [2.05, 4.69) is 39.6 Å². The van der Waals surface area contributed by atoms with Crippen LogP contribution in [-0.4, -0.2) is 39.7 Å². The summed E-state index contributed by atoms with van der Waals surface area (Å²) in [5, 5.41) is 4.64. The Morgan fingerprint density at radius 2 is 2.10 bits per heavy atom. The number of fused-ring (bicyclic) bond motifs is 2. The molecule has 3 aromatic heterocycles. The van der Waals surface area contributed by atoms with E-state index in [0.717, 1.165) is 40.1 Å². The van der Waals surface area contributed by atoms with Crippen molar-refractivity contribution in [1.29, 1.82) is 0 Å². The fourth-order valence-electron chi connectivity index (χ4n) is 3.84. The van der Waals surface area contributed by atoms with E-state index in [-0.39, 0.29) is 6.09 Å². The maximum Gasteiger partial charge on any atom is 0.410 e. The number of thiazole rings is 1. The standard InChI is InChI=1S/C23H24N4O2S2/c1-23(2,3)29-22(28)27-9-7-14(12-27)20-11-16-17(6-8-24-21(16)31-20)26-15-4-5-19-18(10-15)25-13-30-19/h4-6,8,10-11,13-14H,7,9,12H2,1-3H3,(H,24,26). The van der Waals surface area contributed by atoms with E-state index in [1.54, 1.807) is 22.7 Å². The van der Waals surface area contributed by atoms with Crippen molar-refractivity contribution in [1.82, 2.24) is 14.9 Å². The summed E-state index contributed by atoms with van der Waals surface area (Å²) >= 11 is 3.35. The number of nitrogens with zero attached hydrogens (tertiary/aromatic N) is 3. The fourth-order valence-corrected chi connectivity index (χ4v) is 5.65. The van der Waals surface area contributed by atoms with Crippen LogP contribution in [0.2, 0.25) is 0 Å². The normalized spacial score (nSPS) is 16.9. The van der Waals surface area contributed by atoms with Crippen LogP contribution in [0.5, 0.6) is 0 Å². The van der Waals surface area contributed by atoms with Gasteiger partial charge in [0.05, 0.1) is 21.4 Å². The molecule has 0 radical (unpaired) electrons. The molecule has 160 valence electrons. The van der Waals surface area contributed by atoms with E-state index >= 15 is 0 Å². The van der Waals surface area contributed by atoms with Crippen molar-refractivity contribution < 1.29 is 9.53 Å². The summed E-state index contributed by atoms with van der Waals surface area (Å²) < 4.78 is 6.72. The highest BCUT2D eigenvalue weighted by Crippen LogP contribution is 2.38. The minimum absolute atomic E-state index is 0.228. The summed E-state index contributed by atoms with van der Waals surface area (Å²) in [6.07, 6.45) is 2.55. The van der Waals surface area contributed by atoms with E-state index in [4.69, 9.17) is 4.74 Å². The summed E-state index contributed by atoms with van der Waals surface area (Å²) in [6.45, 7) is 7.11. The number of aromatic nitrogens is 2. The van der Waals surface area contributed by atoms with Gasteiger partial charge in [0.15, 0.2) is 0 Å². The van der Waals surface area contributed by atoms with E-state index in [1.165, 1.54) is 9.58 Å². The van der Waals surface area contributed by atoms with Crippen molar-refractivity contribution in [3.05, 3.63) is 46.9 Å². The average molecular weight is 453 g/mol. The molecule has 0 spiro atoms. The summed E-state index contributed by atoms with van der Waals surface area (Å²) in [4.78, 5) is 25.5. The first kappa shape index (κ1) is 20.2. The van der Waals surface area contributed by atoms with Crippen LogP contribution >= 0.6 is 22.7 Å². The molecule has 0 aliphatic carbocycles. The first-order valence-corrected chi connectivity index (χ1v) is 12.0. The number of benzene rings is 1.